The van der Waals surface area contributed by atoms with Crippen LogP contribution in [0.25, 0.3) is 0 Å². The number of ether oxygens (including phenoxy) is 2. The Hall–Kier alpha value is -4.22. The molecule has 0 bridgehead atoms. The number of rotatable bonds is 5. The maximum atomic E-state index is 13.5. The summed E-state index contributed by atoms with van der Waals surface area (Å²) < 4.78 is 11.2. The number of nitrogens with zero attached hydrogens (tertiary/aromatic N) is 4. The molecule has 224 valence electrons. The van der Waals surface area contributed by atoms with Gasteiger partial charge in [0.1, 0.15) is 22.9 Å². The number of benzene rings is 1. The van der Waals surface area contributed by atoms with Crippen LogP contribution in [0.4, 0.5) is 10.5 Å². The Morgan fingerprint density at radius 2 is 1.69 bits per heavy atom. The zero-order valence-electron chi connectivity index (χ0n) is 24.7. The highest BCUT2D eigenvalue weighted by Gasteiger charge is 2.64. The predicted molar refractivity (Wildman–Crippen MR) is 150 cm³/mol. The van der Waals surface area contributed by atoms with Gasteiger partial charge in [-0.15, -0.1) is 0 Å². The van der Waals surface area contributed by atoms with Crippen molar-refractivity contribution in [1.29, 1.82) is 0 Å². The first-order chi connectivity index (χ1) is 19.5. The zero-order chi connectivity index (χ0) is 30.7. The van der Waals surface area contributed by atoms with E-state index < -0.39 is 34.2 Å². The normalized spacial score (nSPS) is 24.7. The van der Waals surface area contributed by atoms with Gasteiger partial charge in [0.25, 0.3) is 11.6 Å². The summed E-state index contributed by atoms with van der Waals surface area (Å²) in [7, 11) is 0. The topological polar surface area (TPSA) is 140 Å². The van der Waals surface area contributed by atoms with Gasteiger partial charge in [-0.1, -0.05) is 12.1 Å². The lowest BCUT2D eigenvalue weighted by Gasteiger charge is -2.50. The first kappa shape index (κ1) is 29.3. The number of β-lactam (4-membered cyclic amide) rings is 1. The van der Waals surface area contributed by atoms with E-state index in [1.807, 2.05) is 0 Å². The number of hydrogen-bond donors (Lipinski definition) is 0. The van der Waals surface area contributed by atoms with E-state index >= 15 is 0 Å². The van der Waals surface area contributed by atoms with E-state index in [2.05, 4.69) is 0 Å². The molecular weight excluding hydrogens is 544 g/mol. The van der Waals surface area contributed by atoms with Crippen LogP contribution in [0.3, 0.4) is 0 Å². The number of esters is 1. The van der Waals surface area contributed by atoms with E-state index in [1.165, 1.54) is 21.9 Å². The second kappa shape index (κ2) is 10.2. The molecule has 2 unspecified atom stereocenters. The van der Waals surface area contributed by atoms with Crippen molar-refractivity contribution in [1.82, 2.24) is 14.7 Å². The molecule has 5 rings (SSSR count). The molecule has 0 N–H and O–H groups in total. The quantitative estimate of drug-likeness (QED) is 0.169. The largest absolute Gasteiger partial charge is 0.455 e. The molecule has 3 atom stereocenters. The van der Waals surface area contributed by atoms with Gasteiger partial charge in [0.2, 0.25) is 5.91 Å². The molecule has 1 aromatic carbocycles. The van der Waals surface area contributed by atoms with Crippen molar-refractivity contribution in [3.05, 3.63) is 62.9 Å². The molecule has 42 heavy (non-hydrogen) atoms. The molecule has 12 heteroatoms. The fourth-order valence-corrected chi connectivity index (χ4v) is 6.03. The van der Waals surface area contributed by atoms with Gasteiger partial charge in [-0.3, -0.25) is 29.5 Å². The summed E-state index contributed by atoms with van der Waals surface area (Å²) >= 11 is 0. The van der Waals surface area contributed by atoms with E-state index in [0.29, 0.717) is 37.1 Å². The van der Waals surface area contributed by atoms with Crippen LogP contribution in [0.1, 0.15) is 59.9 Å². The van der Waals surface area contributed by atoms with Crippen LogP contribution in [0.5, 0.6) is 0 Å². The van der Waals surface area contributed by atoms with E-state index in [4.69, 9.17) is 9.47 Å². The fraction of sp³-hybridized carbons (Fsp3) is 0.533. The smallest absolute Gasteiger partial charge is 0.411 e. The number of amides is 3. The van der Waals surface area contributed by atoms with Crippen LogP contribution in [0.15, 0.2) is 47.2 Å². The van der Waals surface area contributed by atoms with Crippen molar-refractivity contribution >= 4 is 29.6 Å². The molecule has 0 radical (unpaired) electrons. The van der Waals surface area contributed by atoms with Crippen molar-refractivity contribution in [2.75, 3.05) is 13.1 Å². The average molecular weight is 581 g/mol. The molecule has 0 aliphatic carbocycles. The van der Waals surface area contributed by atoms with Crippen LogP contribution in [-0.4, -0.2) is 79.9 Å². The van der Waals surface area contributed by atoms with Gasteiger partial charge in [0, 0.05) is 43.3 Å². The van der Waals surface area contributed by atoms with Gasteiger partial charge in [-0.25, -0.2) is 9.59 Å². The number of nitro benzene ring substituents is 1. The molecule has 0 aromatic heterocycles. The Balaban J connectivity index is 1.42. The SMILES string of the molecule is CC(C)(C)OC(=O)C1=C(/C=C2\CCN(Cc3ccc([N+](=O)[O-])cc3)C2=O)CC2CN(C(=O)OC(C)(C)C)C3C(=O)N1[C@H]23. The second-order valence-electron chi connectivity index (χ2n) is 13.2. The van der Waals surface area contributed by atoms with Crippen molar-refractivity contribution in [3.8, 4) is 0 Å². The Kier molecular flexibility index (Phi) is 7.14. The predicted octanol–water partition coefficient (Wildman–Crippen LogP) is 3.70. The van der Waals surface area contributed by atoms with E-state index in [0.717, 1.165) is 5.56 Å². The minimum Gasteiger partial charge on any atom is -0.455 e. The molecule has 4 aliphatic rings. The van der Waals surface area contributed by atoms with Gasteiger partial charge in [0.05, 0.1) is 11.0 Å². The molecule has 12 nitrogen and oxygen atoms in total. The van der Waals surface area contributed by atoms with Crippen LogP contribution in [0, 0.1) is 16.0 Å². The number of nitro groups is 1. The third-order valence-electron chi connectivity index (χ3n) is 7.69. The Morgan fingerprint density at radius 1 is 1.05 bits per heavy atom. The first-order valence-corrected chi connectivity index (χ1v) is 14.1. The third kappa shape index (κ3) is 5.49. The zero-order valence-corrected chi connectivity index (χ0v) is 24.7. The molecule has 0 saturated carbocycles. The van der Waals surface area contributed by atoms with Crippen molar-refractivity contribution in [2.45, 2.75) is 84.2 Å². The highest BCUT2D eigenvalue weighted by molar-refractivity contribution is 6.03. The average Bonchev–Trinajstić information content (AvgIpc) is 3.40. The highest BCUT2D eigenvalue weighted by Crippen LogP contribution is 2.48. The lowest BCUT2D eigenvalue weighted by atomic mass is 9.79. The van der Waals surface area contributed by atoms with Crippen molar-refractivity contribution in [3.63, 3.8) is 0 Å². The van der Waals surface area contributed by atoms with Gasteiger partial charge in [-0.2, -0.15) is 0 Å². The second-order valence-corrected chi connectivity index (χ2v) is 13.2. The van der Waals surface area contributed by atoms with Crippen LogP contribution in [-0.2, 0) is 30.4 Å². The number of non-ortho nitro benzene ring substituents is 1. The third-order valence-corrected chi connectivity index (χ3v) is 7.69. The summed E-state index contributed by atoms with van der Waals surface area (Å²) in [6.45, 7) is 11.5. The molecule has 4 aliphatic heterocycles. The Labute approximate surface area is 244 Å². The molecule has 4 heterocycles. The van der Waals surface area contributed by atoms with Crippen LogP contribution in [0.2, 0.25) is 0 Å². The van der Waals surface area contributed by atoms with Gasteiger partial charge >= 0.3 is 12.1 Å². The van der Waals surface area contributed by atoms with Crippen LogP contribution < -0.4 is 0 Å². The Bertz CT molecular complexity index is 1420. The molecule has 1 aromatic rings. The van der Waals surface area contributed by atoms with Crippen molar-refractivity contribution < 1.29 is 33.6 Å². The van der Waals surface area contributed by atoms with E-state index in [9.17, 15) is 29.3 Å². The summed E-state index contributed by atoms with van der Waals surface area (Å²) in [5.41, 5.74) is 0.347. The van der Waals surface area contributed by atoms with Gasteiger partial charge in [0.15, 0.2) is 0 Å². The van der Waals surface area contributed by atoms with Crippen molar-refractivity contribution in [2.24, 2.45) is 5.92 Å². The number of carbonyl (C=O) groups is 4. The molecule has 3 saturated heterocycles. The molecule has 3 fully saturated rings. The maximum Gasteiger partial charge on any atom is 0.411 e. The molecule has 0 spiro atoms. The monoisotopic (exact) mass is 580 g/mol. The maximum absolute atomic E-state index is 13.5. The summed E-state index contributed by atoms with van der Waals surface area (Å²) in [5, 5.41) is 11.0. The number of hydrogen-bond acceptors (Lipinski definition) is 8. The molecule has 3 amide bonds. The van der Waals surface area contributed by atoms with Gasteiger partial charge < -0.3 is 14.4 Å². The van der Waals surface area contributed by atoms with Gasteiger partial charge in [-0.05, 0) is 71.6 Å². The molecular formula is C30H36N4O8. The van der Waals surface area contributed by atoms with E-state index in [-0.39, 0.29) is 41.7 Å². The summed E-state index contributed by atoms with van der Waals surface area (Å²) in [4.78, 5) is 68.3. The highest BCUT2D eigenvalue weighted by atomic mass is 16.6. The van der Waals surface area contributed by atoms with Crippen LogP contribution >= 0.6 is 0 Å². The lowest BCUT2D eigenvalue weighted by Crippen LogP contribution is -2.69. The standard InChI is InChI=1S/C30H36N4O8/c1-29(2,3)41-27(37)23-19(13-18-11-12-31(25(18)35)15-17-7-9-21(10-8-17)34(39)40)14-20-16-32(28(38)42-30(4,5)6)24-22(20)33(23)26(24)36/h7-10,13,20,22,24H,11-12,14-16H2,1-6H3/b18-13+/t20?,22-,24?/m1/s1. The lowest BCUT2D eigenvalue weighted by molar-refractivity contribution is -0.384. The number of carbonyl (C=O) groups excluding carboxylic acids is 4. The summed E-state index contributed by atoms with van der Waals surface area (Å²) in [6, 6.07) is 4.99. The summed E-state index contributed by atoms with van der Waals surface area (Å²) in [5.74, 6) is -1.36. The fourth-order valence-electron chi connectivity index (χ4n) is 6.03. The Morgan fingerprint density at radius 3 is 2.29 bits per heavy atom. The summed E-state index contributed by atoms with van der Waals surface area (Å²) in [6.07, 6.45) is 1.95. The number of allylic oxidation sites excluding steroid dienone is 2. The minimum absolute atomic E-state index is 0.0239. The first-order valence-electron chi connectivity index (χ1n) is 14.1. The van der Waals surface area contributed by atoms with E-state index in [1.54, 1.807) is 64.7 Å². The number of likely N-dealkylation sites (tertiary alicyclic amines) is 2. The minimum atomic E-state index is -0.810.